The van der Waals surface area contributed by atoms with Gasteiger partial charge in [0, 0.05) is 19.2 Å². The summed E-state index contributed by atoms with van der Waals surface area (Å²) in [5.41, 5.74) is 7.27. The summed E-state index contributed by atoms with van der Waals surface area (Å²) in [6, 6.07) is 6.50. The van der Waals surface area contributed by atoms with Crippen LogP contribution >= 0.6 is 12.4 Å². The molecule has 5 N–H and O–H groups in total. The molecule has 0 saturated carbocycles. The van der Waals surface area contributed by atoms with Gasteiger partial charge in [0.05, 0.1) is 12.6 Å². The van der Waals surface area contributed by atoms with E-state index in [2.05, 4.69) is 16.0 Å². The molecule has 3 amide bonds. The number of amides is 3. The maximum Gasteiger partial charge on any atom is 0.239 e. The Labute approximate surface area is 148 Å². The molecule has 0 aliphatic heterocycles. The van der Waals surface area contributed by atoms with Crippen LogP contribution in [0.4, 0.5) is 5.69 Å². The van der Waals surface area contributed by atoms with E-state index in [1.807, 2.05) is 13.8 Å². The van der Waals surface area contributed by atoms with Gasteiger partial charge in [-0.05, 0) is 23.6 Å². The third kappa shape index (κ3) is 7.94. The van der Waals surface area contributed by atoms with Gasteiger partial charge in [0.15, 0.2) is 0 Å². The van der Waals surface area contributed by atoms with E-state index in [1.165, 1.54) is 6.92 Å². The van der Waals surface area contributed by atoms with Crippen molar-refractivity contribution >= 4 is 35.8 Å². The van der Waals surface area contributed by atoms with Crippen LogP contribution in [-0.4, -0.2) is 30.3 Å². The van der Waals surface area contributed by atoms with E-state index in [-0.39, 0.29) is 42.6 Å². The summed E-state index contributed by atoms with van der Waals surface area (Å²) in [5, 5.41) is 7.87. The Kier molecular flexibility index (Phi) is 9.68. The van der Waals surface area contributed by atoms with Crippen LogP contribution in [0.15, 0.2) is 24.3 Å². The van der Waals surface area contributed by atoms with Crippen molar-refractivity contribution in [1.82, 2.24) is 10.6 Å². The van der Waals surface area contributed by atoms with Crippen LogP contribution in [0.2, 0.25) is 0 Å². The first kappa shape index (κ1) is 21.9. The lowest BCUT2D eigenvalue weighted by Crippen LogP contribution is -2.47. The van der Waals surface area contributed by atoms with Crippen LogP contribution in [0.5, 0.6) is 0 Å². The first-order chi connectivity index (χ1) is 10.8. The van der Waals surface area contributed by atoms with Crippen LogP contribution in [0.3, 0.4) is 0 Å². The van der Waals surface area contributed by atoms with Crippen LogP contribution in [0, 0.1) is 5.92 Å². The van der Waals surface area contributed by atoms with E-state index < -0.39 is 6.04 Å². The third-order valence-electron chi connectivity index (χ3n) is 3.21. The molecule has 1 rings (SSSR count). The van der Waals surface area contributed by atoms with E-state index in [0.29, 0.717) is 12.2 Å². The summed E-state index contributed by atoms with van der Waals surface area (Å²) in [6.45, 7) is 5.35. The number of nitrogens with two attached hydrogens (primary N) is 1. The van der Waals surface area contributed by atoms with Gasteiger partial charge >= 0.3 is 0 Å². The normalized spacial score (nSPS) is 11.2. The van der Waals surface area contributed by atoms with Gasteiger partial charge in [0.2, 0.25) is 17.7 Å². The SMILES string of the molecule is CC(=O)Nc1ccc(CNC(=O)CNC(=O)[C@@H](N)C(C)C)cc1.Cl. The minimum absolute atomic E-state index is 0. The average Bonchev–Trinajstić information content (AvgIpc) is 2.50. The summed E-state index contributed by atoms with van der Waals surface area (Å²) >= 11 is 0. The van der Waals surface area contributed by atoms with Crippen LogP contribution in [-0.2, 0) is 20.9 Å². The zero-order chi connectivity index (χ0) is 17.4. The van der Waals surface area contributed by atoms with Crippen molar-refractivity contribution in [2.75, 3.05) is 11.9 Å². The Hall–Kier alpha value is -2.12. The molecule has 8 heteroatoms. The predicted octanol–water partition coefficient (Wildman–Crippen LogP) is 0.783. The maximum absolute atomic E-state index is 11.7. The molecule has 7 nitrogen and oxygen atoms in total. The van der Waals surface area contributed by atoms with Gasteiger partial charge in [-0.15, -0.1) is 12.4 Å². The molecule has 0 aromatic heterocycles. The van der Waals surface area contributed by atoms with Gasteiger partial charge in [0.1, 0.15) is 0 Å². The summed E-state index contributed by atoms with van der Waals surface area (Å²) in [6.07, 6.45) is 0. The molecule has 0 spiro atoms. The van der Waals surface area contributed by atoms with Crippen molar-refractivity contribution in [2.45, 2.75) is 33.4 Å². The van der Waals surface area contributed by atoms with Crippen molar-refractivity contribution in [3.05, 3.63) is 29.8 Å². The molecule has 0 unspecified atom stereocenters. The van der Waals surface area contributed by atoms with Crippen molar-refractivity contribution in [1.29, 1.82) is 0 Å². The van der Waals surface area contributed by atoms with Crippen molar-refractivity contribution < 1.29 is 14.4 Å². The van der Waals surface area contributed by atoms with Gasteiger partial charge in [-0.3, -0.25) is 14.4 Å². The molecule has 0 saturated heterocycles. The number of benzene rings is 1. The van der Waals surface area contributed by atoms with Gasteiger partial charge < -0.3 is 21.7 Å². The molecule has 0 fully saturated rings. The Balaban J connectivity index is 0.00000529. The first-order valence-corrected chi connectivity index (χ1v) is 7.46. The number of carbonyl (C=O) groups is 3. The molecule has 24 heavy (non-hydrogen) atoms. The third-order valence-corrected chi connectivity index (χ3v) is 3.21. The van der Waals surface area contributed by atoms with Gasteiger partial charge in [-0.1, -0.05) is 26.0 Å². The van der Waals surface area contributed by atoms with Gasteiger partial charge in [0.25, 0.3) is 0 Å². The van der Waals surface area contributed by atoms with E-state index in [9.17, 15) is 14.4 Å². The first-order valence-electron chi connectivity index (χ1n) is 7.46. The largest absolute Gasteiger partial charge is 0.350 e. The number of rotatable bonds is 7. The quantitative estimate of drug-likeness (QED) is 0.578. The molecule has 1 atom stereocenters. The zero-order valence-electron chi connectivity index (χ0n) is 14.1. The number of halogens is 1. The Morgan fingerprint density at radius 2 is 1.67 bits per heavy atom. The van der Waals surface area contributed by atoms with Crippen molar-refractivity contribution in [2.24, 2.45) is 11.7 Å². The molecular weight excluding hydrogens is 332 g/mol. The number of hydrogen-bond donors (Lipinski definition) is 4. The average molecular weight is 357 g/mol. The number of nitrogens with one attached hydrogen (secondary N) is 3. The minimum Gasteiger partial charge on any atom is -0.350 e. The molecule has 1 aromatic rings. The fraction of sp³-hybridized carbons (Fsp3) is 0.438. The lowest BCUT2D eigenvalue weighted by Gasteiger charge is -2.15. The molecule has 0 aliphatic rings. The molecule has 0 heterocycles. The molecule has 134 valence electrons. The van der Waals surface area contributed by atoms with Crippen LogP contribution in [0.25, 0.3) is 0 Å². The van der Waals surface area contributed by atoms with Gasteiger partial charge in [-0.2, -0.15) is 0 Å². The van der Waals surface area contributed by atoms with E-state index in [0.717, 1.165) is 5.56 Å². The standard InChI is InChI=1S/C16H24N4O3.ClH/c1-10(2)15(17)16(23)19-9-14(22)18-8-12-4-6-13(7-5-12)20-11(3)21;/h4-7,10,15H,8-9,17H2,1-3H3,(H,18,22)(H,19,23)(H,20,21);1H/t15-;/m0./s1. The second kappa shape index (κ2) is 10.6. The minimum atomic E-state index is -0.621. The summed E-state index contributed by atoms with van der Waals surface area (Å²) in [7, 11) is 0. The predicted molar refractivity (Wildman–Crippen MR) is 95.7 cm³/mol. The number of carbonyl (C=O) groups excluding carboxylic acids is 3. The molecule has 0 aliphatic carbocycles. The highest BCUT2D eigenvalue weighted by atomic mass is 35.5. The van der Waals surface area contributed by atoms with Crippen LogP contribution in [0.1, 0.15) is 26.3 Å². The summed E-state index contributed by atoms with van der Waals surface area (Å²) in [4.78, 5) is 34.3. The van der Waals surface area contributed by atoms with Gasteiger partial charge in [-0.25, -0.2) is 0 Å². The van der Waals surface area contributed by atoms with Crippen molar-refractivity contribution in [3.63, 3.8) is 0 Å². The Bertz CT molecular complexity index is 561. The molecule has 0 radical (unpaired) electrons. The monoisotopic (exact) mass is 356 g/mol. The van der Waals surface area contributed by atoms with E-state index >= 15 is 0 Å². The Morgan fingerprint density at radius 3 is 2.17 bits per heavy atom. The lowest BCUT2D eigenvalue weighted by atomic mass is 10.1. The van der Waals surface area contributed by atoms with E-state index in [4.69, 9.17) is 5.73 Å². The smallest absolute Gasteiger partial charge is 0.239 e. The highest BCUT2D eigenvalue weighted by Gasteiger charge is 2.17. The van der Waals surface area contributed by atoms with E-state index in [1.54, 1.807) is 24.3 Å². The summed E-state index contributed by atoms with van der Waals surface area (Å²) in [5.74, 6) is -0.753. The zero-order valence-corrected chi connectivity index (χ0v) is 14.9. The maximum atomic E-state index is 11.7. The second-order valence-electron chi connectivity index (χ2n) is 5.64. The number of hydrogen-bond acceptors (Lipinski definition) is 4. The highest BCUT2D eigenvalue weighted by molar-refractivity contribution is 5.88. The second-order valence-corrected chi connectivity index (χ2v) is 5.64. The fourth-order valence-corrected chi connectivity index (χ4v) is 1.76. The topological polar surface area (TPSA) is 113 Å². The number of anilines is 1. The molecular formula is C16H25ClN4O3. The Morgan fingerprint density at radius 1 is 1.08 bits per heavy atom. The fourth-order valence-electron chi connectivity index (χ4n) is 1.76. The molecule has 0 bridgehead atoms. The lowest BCUT2D eigenvalue weighted by molar-refractivity contribution is -0.127. The van der Waals surface area contributed by atoms with Crippen LogP contribution < -0.4 is 21.7 Å². The summed E-state index contributed by atoms with van der Waals surface area (Å²) < 4.78 is 0. The highest BCUT2D eigenvalue weighted by Crippen LogP contribution is 2.09. The van der Waals surface area contributed by atoms with Crippen molar-refractivity contribution in [3.8, 4) is 0 Å². The molecule has 1 aromatic carbocycles.